The van der Waals surface area contributed by atoms with E-state index in [0.717, 1.165) is 0 Å². The van der Waals surface area contributed by atoms with Gasteiger partial charge < -0.3 is 19.1 Å². The lowest BCUT2D eigenvalue weighted by atomic mass is 10.3. The normalized spacial score (nSPS) is 13.2. The average Bonchev–Trinajstić information content (AvgIpc) is 2.67. The van der Waals surface area contributed by atoms with E-state index in [-0.39, 0.29) is 18.2 Å². The molecular weight excluding hydrogens is 326 g/mol. The van der Waals surface area contributed by atoms with E-state index in [0.29, 0.717) is 43.5 Å². The van der Waals surface area contributed by atoms with Crippen LogP contribution in [0.2, 0.25) is 0 Å². The van der Waals surface area contributed by atoms with Gasteiger partial charge in [-0.3, -0.25) is 10.2 Å². The average molecular weight is 343 g/mol. The standard InChI is InChI=1S/C16H17N5O4/c1-23-15-8-12(19-20-13(9-17)10-18)2-3-14(15)25-11-16(22)21-4-6-24-7-5-21/h2-3,8,19H,4-7,11H2,1H3. The quantitative estimate of drug-likeness (QED) is 0.597. The number of morpholine rings is 1. The molecule has 1 aliphatic heterocycles. The molecule has 1 aromatic rings. The fourth-order valence-electron chi connectivity index (χ4n) is 2.10. The van der Waals surface area contributed by atoms with Crippen molar-refractivity contribution < 1.29 is 19.0 Å². The number of anilines is 1. The molecule has 0 unspecified atom stereocenters. The predicted octanol–water partition coefficient (Wildman–Crippen LogP) is 0.748. The van der Waals surface area contributed by atoms with Gasteiger partial charge in [-0.05, 0) is 12.1 Å². The summed E-state index contributed by atoms with van der Waals surface area (Å²) >= 11 is 0. The predicted molar refractivity (Wildman–Crippen MR) is 88.2 cm³/mol. The summed E-state index contributed by atoms with van der Waals surface area (Å²) in [7, 11) is 1.47. The van der Waals surface area contributed by atoms with Crippen molar-refractivity contribution in [2.24, 2.45) is 5.10 Å². The second kappa shape index (κ2) is 9.11. The van der Waals surface area contributed by atoms with Crippen LogP contribution in [0.3, 0.4) is 0 Å². The van der Waals surface area contributed by atoms with E-state index in [1.165, 1.54) is 7.11 Å². The highest BCUT2D eigenvalue weighted by Gasteiger charge is 2.18. The van der Waals surface area contributed by atoms with Crippen LogP contribution in [0.5, 0.6) is 11.5 Å². The Bertz CT molecular complexity index is 713. The minimum absolute atomic E-state index is 0.103. The van der Waals surface area contributed by atoms with Crippen LogP contribution in [0, 0.1) is 22.7 Å². The Morgan fingerprint density at radius 2 is 2.04 bits per heavy atom. The number of methoxy groups -OCH3 is 1. The zero-order valence-corrected chi connectivity index (χ0v) is 13.7. The van der Waals surface area contributed by atoms with Gasteiger partial charge in [0.15, 0.2) is 18.1 Å². The minimum atomic E-state index is -0.296. The Morgan fingerprint density at radius 3 is 2.68 bits per heavy atom. The summed E-state index contributed by atoms with van der Waals surface area (Å²) in [6.07, 6.45) is 0. The van der Waals surface area contributed by atoms with Crippen molar-refractivity contribution in [1.82, 2.24) is 4.90 Å². The van der Waals surface area contributed by atoms with Crippen LogP contribution in [-0.2, 0) is 9.53 Å². The molecule has 0 spiro atoms. The number of ether oxygens (including phenoxy) is 3. The number of nitrogens with one attached hydrogen (secondary N) is 1. The fraction of sp³-hybridized carbons (Fsp3) is 0.375. The topological polar surface area (TPSA) is 120 Å². The van der Waals surface area contributed by atoms with Crippen LogP contribution < -0.4 is 14.9 Å². The molecule has 1 saturated heterocycles. The van der Waals surface area contributed by atoms with E-state index in [1.807, 2.05) is 0 Å². The number of hydrazone groups is 1. The highest BCUT2D eigenvalue weighted by molar-refractivity contribution is 6.10. The number of hydrogen-bond acceptors (Lipinski definition) is 8. The monoisotopic (exact) mass is 343 g/mol. The van der Waals surface area contributed by atoms with Crippen LogP contribution in [0.1, 0.15) is 0 Å². The van der Waals surface area contributed by atoms with Gasteiger partial charge in [-0.25, -0.2) is 0 Å². The molecule has 1 fully saturated rings. The third-order valence-corrected chi connectivity index (χ3v) is 3.39. The van der Waals surface area contributed by atoms with E-state index in [9.17, 15) is 4.79 Å². The first kappa shape index (κ1) is 18.0. The summed E-state index contributed by atoms with van der Waals surface area (Å²) in [4.78, 5) is 13.8. The lowest BCUT2D eigenvalue weighted by Crippen LogP contribution is -2.43. The molecule has 0 atom stereocenters. The van der Waals surface area contributed by atoms with Crippen molar-refractivity contribution >= 4 is 17.3 Å². The van der Waals surface area contributed by atoms with Crippen LogP contribution in [0.25, 0.3) is 0 Å². The fourth-order valence-corrected chi connectivity index (χ4v) is 2.10. The van der Waals surface area contributed by atoms with Crippen LogP contribution in [0.15, 0.2) is 23.3 Å². The lowest BCUT2D eigenvalue weighted by Gasteiger charge is -2.26. The van der Waals surface area contributed by atoms with Gasteiger partial charge in [-0.1, -0.05) is 0 Å². The molecule has 1 amide bonds. The minimum Gasteiger partial charge on any atom is -0.493 e. The third-order valence-electron chi connectivity index (χ3n) is 3.39. The SMILES string of the molecule is COc1cc(NN=C(C#N)C#N)ccc1OCC(=O)N1CCOCC1. The van der Waals surface area contributed by atoms with Crippen LogP contribution in [-0.4, -0.2) is 56.5 Å². The smallest absolute Gasteiger partial charge is 0.260 e. The first-order chi connectivity index (χ1) is 12.2. The molecule has 2 rings (SSSR count). The third kappa shape index (κ3) is 5.09. The number of amides is 1. The summed E-state index contributed by atoms with van der Waals surface area (Å²) in [6, 6.07) is 8.12. The molecule has 1 heterocycles. The number of nitrogens with zero attached hydrogens (tertiary/aromatic N) is 4. The van der Waals surface area contributed by atoms with Crippen molar-refractivity contribution in [3.05, 3.63) is 18.2 Å². The number of carbonyl (C=O) groups is 1. The van der Waals surface area contributed by atoms with Gasteiger partial charge in [0.2, 0.25) is 5.71 Å². The zero-order valence-electron chi connectivity index (χ0n) is 13.7. The van der Waals surface area contributed by atoms with Crippen LogP contribution in [0.4, 0.5) is 5.69 Å². The molecule has 0 aliphatic carbocycles. The first-order valence-electron chi connectivity index (χ1n) is 7.48. The summed E-state index contributed by atoms with van der Waals surface area (Å²) in [6.45, 7) is 2.07. The van der Waals surface area contributed by atoms with Gasteiger partial charge in [-0.2, -0.15) is 15.6 Å². The van der Waals surface area contributed by atoms with E-state index in [1.54, 1.807) is 35.2 Å². The van der Waals surface area contributed by atoms with E-state index in [2.05, 4.69) is 10.5 Å². The Morgan fingerprint density at radius 1 is 1.32 bits per heavy atom. The zero-order chi connectivity index (χ0) is 18.1. The number of hydrogen-bond donors (Lipinski definition) is 1. The molecule has 0 aromatic heterocycles. The molecular formula is C16H17N5O4. The van der Waals surface area contributed by atoms with Gasteiger partial charge in [0, 0.05) is 19.2 Å². The maximum atomic E-state index is 12.1. The maximum Gasteiger partial charge on any atom is 0.260 e. The molecule has 9 nitrogen and oxygen atoms in total. The largest absolute Gasteiger partial charge is 0.493 e. The van der Waals surface area contributed by atoms with E-state index in [4.69, 9.17) is 24.7 Å². The van der Waals surface area contributed by atoms with E-state index < -0.39 is 0 Å². The Hall–Kier alpha value is -3.30. The molecule has 0 saturated carbocycles. The van der Waals surface area contributed by atoms with E-state index >= 15 is 0 Å². The Labute approximate surface area is 145 Å². The Balaban J connectivity index is 1.99. The highest BCUT2D eigenvalue weighted by atomic mass is 16.5. The van der Waals surface area contributed by atoms with Gasteiger partial charge in [0.25, 0.3) is 5.91 Å². The van der Waals surface area contributed by atoms with Crippen molar-refractivity contribution in [3.8, 4) is 23.6 Å². The molecule has 0 bridgehead atoms. The molecule has 9 heteroatoms. The van der Waals surface area contributed by atoms with Gasteiger partial charge in [-0.15, -0.1) is 0 Å². The van der Waals surface area contributed by atoms with Gasteiger partial charge in [0.1, 0.15) is 12.1 Å². The molecule has 1 N–H and O–H groups in total. The highest BCUT2D eigenvalue weighted by Crippen LogP contribution is 2.30. The summed E-state index contributed by atoms with van der Waals surface area (Å²) in [5.74, 6) is 0.676. The number of benzene rings is 1. The Kier molecular flexibility index (Phi) is 6.57. The molecule has 1 aromatic carbocycles. The summed E-state index contributed by atoms with van der Waals surface area (Å²) in [5.41, 5.74) is 2.79. The van der Waals surface area contributed by atoms with Crippen molar-refractivity contribution in [1.29, 1.82) is 10.5 Å². The molecule has 25 heavy (non-hydrogen) atoms. The van der Waals surface area contributed by atoms with Crippen molar-refractivity contribution in [3.63, 3.8) is 0 Å². The van der Waals surface area contributed by atoms with Gasteiger partial charge >= 0.3 is 0 Å². The summed E-state index contributed by atoms with van der Waals surface area (Å²) < 4.78 is 16.0. The summed E-state index contributed by atoms with van der Waals surface area (Å²) in [5, 5.41) is 20.9. The van der Waals surface area contributed by atoms with Crippen LogP contribution >= 0.6 is 0 Å². The first-order valence-corrected chi connectivity index (χ1v) is 7.48. The molecule has 0 radical (unpaired) electrons. The van der Waals surface area contributed by atoms with Gasteiger partial charge in [0.05, 0.1) is 26.0 Å². The number of rotatable bonds is 6. The van der Waals surface area contributed by atoms with Crippen molar-refractivity contribution in [2.75, 3.05) is 45.4 Å². The molecule has 1 aliphatic rings. The number of carbonyl (C=O) groups excluding carboxylic acids is 1. The maximum absolute atomic E-state index is 12.1. The second-order valence-electron chi connectivity index (χ2n) is 4.94. The van der Waals surface area contributed by atoms with Crippen molar-refractivity contribution in [2.45, 2.75) is 0 Å². The lowest BCUT2D eigenvalue weighted by molar-refractivity contribution is -0.137. The molecule has 130 valence electrons. The second-order valence-corrected chi connectivity index (χ2v) is 4.94. The number of nitriles is 2.